The Morgan fingerprint density at radius 3 is 1.85 bits per heavy atom. The summed E-state index contributed by atoms with van der Waals surface area (Å²) in [6.45, 7) is 4.02. The van der Waals surface area contributed by atoms with Crippen molar-refractivity contribution < 1.29 is 17.6 Å². The van der Waals surface area contributed by atoms with E-state index >= 15 is 0 Å². The Bertz CT molecular complexity index is 1260. The molecule has 0 unspecified atom stereocenters. The highest BCUT2D eigenvalue weighted by molar-refractivity contribution is 5.49. The molecule has 0 spiro atoms. The zero-order valence-corrected chi connectivity index (χ0v) is 19.4. The summed E-state index contributed by atoms with van der Waals surface area (Å²) < 4.78 is 57.2. The van der Waals surface area contributed by atoms with E-state index in [1.165, 1.54) is 30.3 Å². The van der Waals surface area contributed by atoms with E-state index in [4.69, 9.17) is 0 Å². The first-order valence-corrected chi connectivity index (χ1v) is 11.5. The number of hydrogen-bond acceptors (Lipinski definition) is 0. The van der Waals surface area contributed by atoms with Gasteiger partial charge in [-0.15, -0.1) is 0 Å². The Labute approximate surface area is 199 Å². The smallest absolute Gasteiger partial charge is 0.142 e. The number of halogens is 4. The average Bonchev–Trinajstić information content (AvgIpc) is 2.79. The van der Waals surface area contributed by atoms with Gasteiger partial charge in [-0.2, -0.15) is 0 Å². The summed E-state index contributed by atoms with van der Waals surface area (Å²) in [4.78, 5) is 0. The van der Waals surface area contributed by atoms with Crippen molar-refractivity contribution in [3.8, 4) is 23.7 Å². The van der Waals surface area contributed by atoms with Crippen molar-refractivity contribution in [3.63, 3.8) is 0 Å². The van der Waals surface area contributed by atoms with Crippen LogP contribution in [0.2, 0.25) is 0 Å². The molecular formula is C30H26F4. The molecule has 0 amide bonds. The summed E-state index contributed by atoms with van der Waals surface area (Å²) >= 11 is 0. The summed E-state index contributed by atoms with van der Waals surface area (Å²) in [7, 11) is 0. The minimum absolute atomic E-state index is 0.124. The maximum absolute atomic E-state index is 14.5. The van der Waals surface area contributed by atoms with Crippen LogP contribution in [0.3, 0.4) is 0 Å². The van der Waals surface area contributed by atoms with Crippen molar-refractivity contribution in [1.29, 1.82) is 0 Å². The normalized spacial score (nSPS) is 10.3. The predicted molar refractivity (Wildman–Crippen MR) is 128 cm³/mol. The summed E-state index contributed by atoms with van der Waals surface area (Å²) in [6.07, 6.45) is 5.09. The molecule has 0 nitrogen and oxygen atoms in total. The minimum Gasteiger partial charge on any atom is -0.207 e. The third-order valence-corrected chi connectivity index (χ3v) is 5.39. The molecule has 0 aromatic heterocycles. The van der Waals surface area contributed by atoms with E-state index in [0.29, 0.717) is 29.5 Å². The number of benzene rings is 3. The van der Waals surface area contributed by atoms with Crippen molar-refractivity contribution in [2.45, 2.75) is 52.4 Å². The van der Waals surface area contributed by atoms with E-state index in [-0.39, 0.29) is 22.5 Å². The fourth-order valence-corrected chi connectivity index (χ4v) is 3.54. The predicted octanol–water partition coefficient (Wildman–Crippen LogP) is 7.73. The Hall–Kier alpha value is -3.50. The molecule has 3 rings (SSSR count). The molecule has 34 heavy (non-hydrogen) atoms. The molecule has 3 aromatic carbocycles. The maximum Gasteiger partial charge on any atom is 0.142 e. The van der Waals surface area contributed by atoms with Crippen molar-refractivity contribution in [2.75, 3.05) is 0 Å². The number of aryl methyl sites for hydroxylation is 2. The molecule has 4 heteroatoms. The van der Waals surface area contributed by atoms with Crippen LogP contribution in [0.25, 0.3) is 0 Å². The zero-order chi connectivity index (χ0) is 24.5. The molecule has 0 atom stereocenters. The minimum atomic E-state index is -0.734. The monoisotopic (exact) mass is 462 g/mol. The topological polar surface area (TPSA) is 0 Å². The molecule has 0 fully saturated rings. The summed E-state index contributed by atoms with van der Waals surface area (Å²) in [5.74, 6) is 8.15. The largest absolute Gasteiger partial charge is 0.207 e. The first kappa shape index (κ1) is 25.1. The van der Waals surface area contributed by atoms with E-state index < -0.39 is 17.5 Å². The number of rotatable bonds is 6. The Morgan fingerprint density at radius 1 is 0.588 bits per heavy atom. The first-order chi connectivity index (χ1) is 16.4. The molecule has 0 saturated heterocycles. The van der Waals surface area contributed by atoms with Crippen molar-refractivity contribution in [1.82, 2.24) is 0 Å². The third-order valence-electron chi connectivity index (χ3n) is 5.39. The maximum atomic E-state index is 14.5. The quantitative estimate of drug-likeness (QED) is 0.200. The van der Waals surface area contributed by atoms with E-state index in [0.717, 1.165) is 31.7 Å². The lowest BCUT2D eigenvalue weighted by Gasteiger charge is -2.03. The van der Waals surface area contributed by atoms with Crippen LogP contribution in [0.5, 0.6) is 0 Å². The van der Waals surface area contributed by atoms with E-state index in [9.17, 15) is 17.6 Å². The third kappa shape index (κ3) is 6.75. The van der Waals surface area contributed by atoms with Gasteiger partial charge < -0.3 is 0 Å². The van der Waals surface area contributed by atoms with E-state index in [1.54, 1.807) is 12.1 Å². The number of hydrogen-bond donors (Lipinski definition) is 0. The zero-order valence-electron chi connectivity index (χ0n) is 19.4. The van der Waals surface area contributed by atoms with Crippen LogP contribution in [0, 0.1) is 47.0 Å². The summed E-state index contributed by atoms with van der Waals surface area (Å²) in [6, 6.07) is 11.5. The van der Waals surface area contributed by atoms with Crippen LogP contribution in [-0.4, -0.2) is 0 Å². The van der Waals surface area contributed by atoms with Gasteiger partial charge >= 0.3 is 0 Å². The van der Waals surface area contributed by atoms with E-state index in [2.05, 4.69) is 30.6 Å². The SMILES string of the molecule is CCCCCc1ccc(C#Cc2ccc(C#Cc3c(F)cc(CCC)cc3F)cc2F)cc1F. The van der Waals surface area contributed by atoms with Gasteiger partial charge in [0.2, 0.25) is 0 Å². The molecule has 0 saturated carbocycles. The summed E-state index contributed by atoms with van der Waals surface area (Å²) in [5, 5.41) is 0. The summed E-state index contributed by atoms with van der Waals surface area (Å²) in [5.41, 5.74) is 1.73. The van der Waals surface area contributed by atoms with Crippen LogP contribution in [0.1, 0.15) is 72.9 Å². The van der Waals surface area contributed by atoms with Crippen LogP contribution in [-0.2, 0) is 12.8 Å². The molecule has 3 aromatic rings. The van der Waals surface area contributed by atoms with Gasteiger partial charge in [0, 0.05) is 11.1 Å². The van der Waals surface area contributed by atoms with Crippen LogP contribution in [0.4, 0.5) is 17.6 Å². The van der Waals surface area contributed by atoms with Gasteiger partial charge in [-0.3, -0.25) is 0 Å². The van der Waals surface area contributed by atoms with Gasteiger partial charge in [0.1, 0.15) is 23.3 Å². The highest BCUT2D eigenvalue weighted by Crippen LogP contribution is 2.17. The first-order valence-electron chi connectivity index (χ1n) is 11.5. The molecule has 0 radical (unpaired) electrons. The second-order valence-electron chi connectivity index (χ2n) is 8.14. The van der Waals surface area contributed by atoms with Gasteiger partial charge in [0.25, 0.3) is 0 Å². The fourth-order valence-electron chi connectivity index (χ4n) is 3.54. The lowest BCUT2D eigenvalue weighted by molar-refractivity contribution is 0.573. The van der Waals surface area contributed by atoms with Crippen LogP contribution < -0.4 is 0 Å². The molecule has 0 bridgehead atoms. The molecule has 0 heterocycles. The molecule has 174 valence electrons. The molecule has 0 aliphatic heterocycles. The van der Waals surface area contributed by atoms with Gasteiger partial charge in [0.15, 0.2) is 0 Å². The Kier molecular flexibility index (Phi) is 8.94. The van der Waals surface area contributed by atoms with E-state index in [1.807, 2.05) is 6.92 Å². The molecular weight excluding hydrogens is 436 g/mol. The molecule has 0 N–H and O–H groups in total. The highest BCUT2D eigenvalue weighted by atomic mass is 19.1. The van der Waals surface area contributed by atoms with Crippen molar-refractivity contribution in [2.24, 2.45) is 0 Å². The van der Waals surface area contributed by atoms with Gasteiger partial charge in [-0.05, 0) is 72.9 Å². The lowest BCUT2D eigenvalue weighted by atomic mass is 10.0. The highest BCUT2D eigenvalue weighted by Gasteiger charge is 2.09. The standard InChI is InChI=1S/C30H26F4/c1-3-5-6-8-24-13-9-21(17-27(24)31)10-14-25-15-11-22(18-28(25)32)12-16-26-29(33)19-23(7-4-2)20-30(26)34/h9,11,13,15,17-20H,3-8H2,1-2H3. The Morgan fingerprint density at radius 2 is 1.24 bits per heavy atom. The Balaban J connectivity index is 1.76. The van der Waals surface area contributed by atoms with Crippen molar-refractivity contribution >= 4 is 0 Å². The van der Waals surface area contributed by atoms with Crippen LogP contribution >= 0.6 is 0 Å². The van der Waals surface area contributed by atoms with Crippen LogP contribution in [0.15, 0.2) is 48.5 Å². The van der Waals surface area contributed by atoms with Gasteiger partial charge in [0.05, 0.1) is 11.1 Å². The lowest BCUT2D eigenvalue weighted by Crippen LogP contribution is -1.95. The van der Waals surface area contributed by atoms with Gasteiger partial charge in [-0.1, -0.05) is 62.9 Å². The van der Waals surface area contributed by atoms with Gasteiger partial charge in [-0.25, -0.2) is 17.6 Å². The average molecular weight is 463 g/mol. The molecule has 0 aliphatic carbocycles. The second kappa shape index (κ2) is 12.1. The van der Waals surface area contributed by atoms with Crippen molar-refractivity contribution in [3.05, 3.63) is 105 Å². The second-order valence-corrected chi connectivity index (χ2v) is 8.14. The molecule has 0 aliphatic rings. The fraction of sp³-hybridized carbons (Fsp3) is 0.267. The number of unbranched alkanes of at least 4 members (excludes halogenated alkanes) is 2.